The number of carboxylic acids is 1. The Balaban J connectivity index is 2.89. The Morgan fingerprint density at radius 1 is 1.08 bits per heavy atom. The van der Waals surface area contributed by atoms with Gasteiger partial charge >= 0.3 is 17.9 Å². The molecule has 0 aliphatic heterocycles. The van der Waals surface area contributed by atoms with Crippen LogP contribution in [0.5, 0.6) is 0 Å². The van der Waals surface area contributed by atoms with E-state index >= 15 is 0 Å². The first-order chi connectivity index (χ1) is 11.6. The topological polar surface area (TPSA) is 89.9 Å². The van der Waals surface area contributed by atoms with Crippen molar-refractivity contribution in [2.75, 3.05) is 7.11 Å². The zero-order chi connectivity index (χ0) is 19.0. The van der Waals surface area contributed by atoms with Gasteiger partial charge in [0.15, 0.2) is 0 Å². The van der Waals surface area contributed by atoms with E-state index in [0.29, 0.717) is 6.42 Å². The third-order valence-corrected chi connectivity index (χ3v) is 3.70. The lowest BCUT2D eigenvalue weighted by Gasteiger charge is -2.24. The first-order valence-corrected chi connectivity index (χ1v) is 8.20. The van der Waals surface area contributed by atoms with E-state index < -0.39 is 35.3 Å². The molecule has 0 bridgehead atoms. The highest BCUT2D eigenvalue weighted by molar-refractivity contribution is 5.85. The molecule has 0 aliphatic carbocycles. The maximum Gasteiger partial charge on any atom is 0.309 e. The van der Waals surface area contributed by atoms with Crippen LogP contribution in [0.15, 0.2) is 30.3 Å². The number of carboxylic acid groups (broad SMARTS) is 1. The van der Waals surface area contributed by atoms with Gasteiger partial charge in [0.05, 0.1) is 25.4 Å². The van der Waals surface area contributed by atoms with Crippen LogP contribution in [0.2, 0.25) is 0 Å². The molecule has 1 aromatic rings. The van der Waals surface area contributed by atoms with Gasteiger partial charge in [-0.25, -0.2) is 0 Å². The number of aliphatic carboxylic acids is 1. The van der Waals surface area contributed by atoms with Gasteiger partial charge in [-0.15, -0.1) is 0 Å². The molecule has 1 N–H and O–H groups in total. The van der Waals surface area contributed by atoms with Gasteiger partial charge in [0, 0.05) is 0 Å². The maximum absolute atomic E-state index is 12.1. The van der Waals surface area contributed by atoms with Crippen molar-refractivity contribution in [1.29, 1.82) is 0 Å². The van der Waals surface area contributed by atoms with Gasteiger partial charge in [-0.3, -0.25) is 14.4 Å². The highest BCUT2D eigenvalue weighted by Gasteiger charge is 2.37. The van der Waals surface area contributed by atoms with Crippen LogP contribution in [0.4, 0.5) is 0 Å². The molecule has 1 rings (SSSR count). The second kappa shape index (κ2) is 9.20. The van der Waals surface area contributed by atoms with Crippen LogP contribution in [0.3, 0.4) is 0 Å². The lowest BCUT2D eigenvalue weighted by atomic mass is 9.85. The third kappa shape index (κ3) is 7.37. The van der Waals surface area contributed by atoms with Crippen molar-refractivity contribution in [3.05, 3.63) is 35.9 Å². The molecule has 6 nitrogen and oxygen atoms in total. The molecule has 0 saturated carbocycles. The summed E-state index contributed by atoms with van der Waals surface area (Å²) >= 11 is 0. The molecule has 0 heterocycles. The Morgan fingerprint density at radius 2 is 1.68 bits per heavy atom. The largest absolute Gasteiger partial charge is 0.481 e. The van der Waals surface area contributed by atoms with Crippen molar-refractivity contribution in [1.82, 2.24) is 0 Å². The van der Waals surface area contributed by atoms with E-state index in [4.69, 9.17) is 9.47 Å². The fraction of sp³-hybridized carbons (Fsp3) is 0.526. The fourth-order valence-corrected chi connectivity index (χ4v) is 2.57. The second-order valence-electron chi connectivity index (χ2n) is 6.89. The van der Waals surface area contributed by atoms with Gasteiger partial charge in [-0.1, -0.05) is 30.3 Å². The molecule has 0 amide bonds. The van der Waals surface area contributed by atoms with Crippen LogP contribution in [0.1, 0.15) is 39.2 Å². The number of methoxy groups -OCH3 is 1. The molecular weight excluding hydrogens is 324 g/mol. The van der Waals surface area contributed by atoms with E-state index in [1.54, 1.807) is 20.8 Å². The maximum atomic E-state index is 12.1. The van der Waals surface area contributed by atoms with Gasteiger partial charge < -0.3 is 14.6 Å². The minimum Gasteiger partial charge on any atom is -0.481 e. The van der Waals surface area contributed by atoms with Crippen molar-refractivity contribution in [2.24, 2.45) is 11.8 Å². The predicted molar refractivity (Wildman–Crippen MR) is 91.9 cm³/mol. The number of benzene rings is 1. The number of hydrogen-bond acceptors (Lipinski definition) is 5. The standard InChI is InChI=1S/C19H26O6/c1-19(2,3)25-16(20)12-15(17(21)22)14(18(23)24-4)11-10-13-8-6-5-7-9-13/h5-9,14-15H,10-12H2,1-4H3,(H,21,22). The van der Waals surface area contributed by atoms with Gasteiger partial charge in [0.2, 0.25) is 0 Å². The molecule has 1 aromatic carbocycles. The molecule has 0 fully saturated rings. The minimum atomic E-state index is -1.21. The first kappa shape index (κ1) is 20.7. The number of esters is 2. The number of carbonyl (C=O) groups excluding carboxylic acids is 2. The van der Waals surface area contributed by atoms with Crippen molar-refractivity contribution in [2.45, 2.75) is 45.6 Å². The molecule has 0 radical (unpaired) electrons. The number of hydrogen-bond donors (Lipinski definition) is 1. The molecule has 2 atom stereocenters. The Labute approximate surface area is 148 Å². The van der Waals surface area contributed by atoms with Crippen LogP contribution in [0.25, 0.3) is 0 Å². The Kier molecular flexibility index (Phi) is 7.61. The molecule has 6 heteroatoms. The van der Waals surface area contributed by atoms with Crippen LogP contribution in [0, 0.1) is 11.8 Å². The predicted octanol–water partition coefficient (Wildman–Crippen LogP) is 2.84. The summed E-state index contributed by atoms with van der Waals surface area (Å²) < 4.78 is 9.95. The van der Waals surface area contributed by atoms with E-state index in [1.165, 1.54) is 7.11 Å². The third-order valence-electron chi connectivity index (χ3n) is 3.70. The minimum absolute atomic E-state index is 0.274. The van der Waals surface area contributed by atoms with Gasteiger partial charge in [-0.05, 0) is 39.2 Å². The van der Waals surface area contributed by atoms with Crippen LogP contribution in [-0.4, -0.2) is 35.7 Å². The van der Waals surface area contributed by atoms with Crippen LogP contribution < -0.4 is 0 Å². The van der Waals surface area contributed by atoms with Crippen molar-refractivity contribution in [3.63, 3.8) is 0 Å². The molecule has 25 heavy (non-hydrogen) atoms. The van der Waals surface area contributed by atoms with E-state index in [9.17, 15) is 19.5 Å². The molecular formula is C19H26O6. The van der Waals surface area contributed by atoms with Gasteiger partial charge in [0.1, 0.15) is 5.60 Å². The summed E-state index contributed by atoms with van der Waals surface area (Å²) in [5.41, 5.74) is 0.267. The summed E-state index contributed by atoms with van der Waals surface area (Å²) in [5, 5.41) is 9.52. The molecule has 0 aromatic heterocycles. The molecule has 0 saturated heterocycles. The number of rotatable bonds is 8. The Bertz CT molecular complexity index is 588. The number of aryl methyl sites for hydroxylation is 1. The molecule has 2 unspecified atom stereocenters. The van der Waals surface area contributed by atoms with Crippen LogP contribution >= 0.6 is 0 Å². The average molecular weight is 350 g/mol. The van der Waals surface area contributed by atoms with E-state index in [0.717, 1.165) is 5.56 Å². The van der Waals surface area contributed by atoms with Crippen molar-refractivity contribution in [3.8, 4) is 0 Å². The monoisotopic (exact) mass is 350 g/mol. The summed E-state index contributed by atoms with van der Waals surface area (Å²) in [6.45, 7) is 5.11. The Hall–Kier alpha value is -2.37. The zero-order valence-corrected chi connectivity index (χ0v) is 15.2. The molecule has 0 spiro atoms. The summed E-state index contributed by atoms with van der Waals surface area (Å²) in [4.78, 5) is 35.8. The first-order valence-electron chi connectivity index (χ1n) is 8.20. The summed E-state index contributed by atoms with van der Waals surface area (Å²) in [5.74, 6) is -4.60. The SMILES string of the molecule is COC(=O)C(CCc1ccccc1)C(CC(=O)OC(C)(C)C)C(=O)O. The van der Waals surface area contributed by atoms with Crippen molar-refractivity contribution >= 4 is 17.9 Å². The lowest BCUT2D eigenvalue weighted by molar-refractivity contribution is -0.164. The number of carbonyl (C=O) groups is 3. The van der Waals surface area contributed by atoms with Crippen molar-refractivity contribution < 1.29 is 29.0 Å². The second-order valence-corrected chi connectivity index (χ2v) is 6.89. The fourth-order valence-electron chi connectivity index (χ4n) is 2.57. The number of ether oxygens (including phenoxy) is 2. The Morgan fingerprint density at radius 3 is 2.16 bits per heavy atom. The summed E-state index contributed by atoms with van der Waals surface area (Å²) in [6, 6.07) is 9.43. The summed E-state index contributed by atoms with van der Waals surface area (Å²) in [6.07, 6.45) is 0.413. The summed E-state index contributed by atoms with van der Waals surface area (Å²) in [7, 11) is 1.21. The highest BCUT2D eigenvalue weighted by atomic mass is 16.6. The van der Waals surface area contributed by atoms with E-state index in [2.05, 4.69) is 0 Å². The van der Waals surface area contributed by atoms with E-state index in [-0.39, 0.29) is 12.8 Å². The molecule has 138 valence electrons. The van der Waals surface area contributed by atoms with Crippen LogP contribution in [-0.2, 0) is 30.3 Å². The average Bonchev–Trinajstić information content (AvgIpc) is 2.52. The van der Waals surface area contributed by atoms with E-state index in [1.807, 2.05) is 30.3 Å². The molecule has 0 aliphatic rings. The quantitative estimate of drug-likeness (QED) is 0.725. The lowest BCUT2D eigenvalue weighted by Crippen LogP contribution is -2.35. The van der Waals surface area contributed by atoms with Gasteiger partial charge in [-0.2, -0.15) is 0 Å². The zero-order valence-electron chi connectivity index (χ0n) is 15.2. The normalized spacial score (nSPS) is 13.6. The van der Waals surface area contributed by atoms with Gasteiger partial charge in [0.25, 0.3) is 0 Å². The smallest absolute Gasteiger partial charge is 0.309 e. The highest BCUT2D eigenvalue weighted by Crippen LogP contribution is 2.25.